The van der Waals surface area contributed by atoms with Crippen LogP contribution >= 0.6 is 0 Å². The molecule has 4 heteroatoms. The van der Waals surface area contributed by atoms with Crippen LogP contribution in [0.25, 0.3) is 0 Å². The second kappa shape index (κ2) is 6.58. The van der Waals surface area contributed by atoms with Crippen molar-refractivity contribution in [1.29, 1.82) is 0 Å². The van der Waals surface area contributed by atoms with Crippen molar-refractivity contribution in [3.8, 4) is 5.75 Å². The maximum Gasteiger partial charge on any atom is 0.332 e. The molecule has 0 unspecified atom stereocenters. The molecule has 0 amide bonds. The topological polar surface area (TPSA) is 47.6 Å². The number of anilines is 1. The average molecular weight is 235 g/mol. The summed E-state index contributed by atoms with van der Waals surface area (Å²) in [5, 5.41) is 3.09. The Hall–Kier alpha value is -1.97. The molecule has 0 saturated carbocycles. The van der Waals surface area contributed by atoms with E-state index >= 15 is 0 Å². The molecule has 0 saturated heterocycles. The highest BCUT2D eigenvalue weighted by Crippen LogP contribution is 2.16. The smallest absolute Gasteiger partial charge is 0.332 e. The fourth-order valence-corrected chi connectivity index (χ4v) is 1.30. The van der Waals surface area contributed by atoms with E-state index in [-0.39, 0.29) is 5.97 Å². The monoisotopic (exact) mass is 235 g/mol. The van der Waals surface area contributed by atoms with Gasteiger partial charge in [-0.15, -0.1) is 0 Å². The summed E-state index contributed by atoms with van der Waals surface area (Å²) < 4.78 is 9.87. The molecule has 4 nitrogen and oxygen atoms in total. The van der Waals surface area contributed by atoms with E-state index in [4.69, 9.17) is 9.47 Å². The van der Waals surface area contributed by atoms with Crippen LogP contribution in [0.5, 0.6) is 5.75 Å². The van der Waals surface area contributed by atoms with Crippen LogP contribution in [0.4, 0.5) is 5.69 Å². The lowest BCUT2D eigenvalue weighted by atomic mass is 10.3. The van der Waals surface area contributed by atoms with Crippen LogP contribution in [0.15, 0.2) is 36.0 Å². The average Bonchev–Trinajstić information content (AvgIpc) is 2.30. The summed E-state index contributed by atoms with van der Waals surface area (Å²) in [6, 6.07) is 7.45. The summed E-state index contributed by atoms with van der Waals surface area (Å²) in [7, 11) is 1.62. The molecule has 0 aliphatic carbocycles. The number of rotatable bonds is 5. The van der Waals surface area contributed by atoms with Gasteiger partial charge < -0.3 is 14.8 Å². The zero-order chi connectivity index (χ0) is 12.7. The zero-order valence-corrected chi connectivity index (χ0v) is 10.3. The van der Waals surface area contributed by atoms with Gasteiger partial charge in [0.1, 0.15) is 5.75 Å². The lowest BCUT2D eigenvalue weighted by molar-refractivity contribution is -0.137. The van der Waals surface area contributed by atoms with Crippen molar-refractivity contribution in [2.45, 2.75) is 13.8 Å². The molecule has 17 heavy (non-hydrogen) atoms. The highest BCUT2D eigenvalue weighted by Gasteiger charge is 1.99. The fourth-order valence-electron chi connectivity index (χ4n) is 1.30. The molecule has 1 aromatic carbocycles. The van der Waals surface area contributed by atoms with E-state index in [1.54, 1.807) is 21.0 Å². The summed E-state index contributed by atoms with van der Waals surface area (Å²) >= 11 is 0. The molecule has 0 atom stereocenters. The highest BCUT2D eigenvalue weighted by molar-refractivity contribution is 5.83. The number of allylic oxidation sites excluding steroid dienone is 1. The molecular weight excluding hydrogens is 218 g/mol. The molecule has 1 N–H and O–H groups in total. The summed E-state index contributed by atoms with van der Waals surface area (Å²) in [6.45, 7) is 3.96. The molecule has 0 fully saturated rings. The number of benzene rings is 1. The van der Waals surface area contributed by atoms with Gasteiger partial charge in [-0.25, -0.2) is 4.79 Å². The number of hydrogen-bond acceptors (Lipinski definition) is 4. The Bertz CT molecular complexity index is 396. The number of hydrogen-bond donors (Lipinski definition) is 1. The molecule has 0 aliphatic rings. The summed E-state index contributed by atoms with van der Waals surface area (Å²) in [6.07, 6.45) is 1.42. The normalized spacial score (nSPS) is 10.9. The van der Waals surface area contributed by atoms with Gasteiger partial charge in [0.15, 0.2) is 0 Å². The first-order valence-electron chi connectivity index (χ1n) is 5.42. The van der Waals surface area contributed by atoms with Crippen LogP contribution < -0.4 is 10.1 Å². The van der Waals surface area contributed by atoms with E-state index in [0.29, 0.717) is 6.61 Å². The minimum Gasteiger partial charge on any atom is -0.497 e. The Balaban J connectivity index is 2.60. The SMILES string of the molecule is CCOC(=O)C=C(C)Nc1ccc(OC)cc1. The van der Waals surface area contributed by atoms with Crippen molar-refractivity contribution >= 4 is 11.7 Å². The second-order valence-electron chi connectivity index (χ2n) is 3.43. The Morgan fingerprint density at radius 3 is 2.53 bits per heavy atom. The van der Waals surface area contributed by atoms with Crippen LogP contribution in [-0.2, 0) is 9.53 Å². The van der Waals surface area contributed by atoms with Gasteiger partial charge in [-0.1, -0.05) is 0 Å². The van der Waals surface area contributed by atoms with E-state index in [2.05, 4.69) is 5.32 Å². The van der Waals surface area contributed by atoms with Gasteiger partial charge in [0.25, 0.3) is 0 Å². The molecule has 0 bridgehead atoms. The number of carbonyl (C=O) groups excluding carboxylic acids is 1. The Labute approximate surface area is 101 Å². The quantitative estimate of drug-likeness (QED) is 0.629. The third-order valence-electron chi connectivity index (χ3n) is 2.05. The standard InChI is InChI=1S/C13H17NO3/c1-4-17-13(15)9-10(2)14-11-5-7-12(16-3)8-6-11/h5-9,14H,4H2,1-3H3. The van der Waals surface area contributed by atoms with Gasteiger partial charge in [0, 0.05) is 17.5 Å². The van der Waals surface area contributed by atoms with Crippen LogP contribution in [0.2, 0.25) is 0 Å². The lowest BCUT2D eigenvalue weighted by Crippen LogP contribution is -2.04. The first-order valence-corrected chi connectivity index (χ1v) is 5.42. The predicted octanol–water partition coefficient (Wildman–Crippen LogP) is 2.57. The zero-order valence-electron chi connectivity index (χ0n) is 10.3. The molecule has 0 aliphatic heterocycles. The third kappa shape index (κ3) is 4.59. The molecule has 92 valence electrons. The van der Waals surface area contributed by atoms with Crippen molar-refractivity contribution < 1.29 is 14.3 Å². The molecule has 0 radical (unpaired) electrons. The highest BCUT2D eigenvalue weighted by atomic mass is 16.5. The number of nitrogens with one attached hydrogen (secondary N) is 1. The van der Waals surface area contributed by atoms with E-state index < -0.39 is 0 Å². The Kier molecular flexibility index (Phi) is 5.07. The van der Waals surface area contributed by atoms with Gasteiger partial charge in [0.05, 0.1) is 13.7 Å². The van der Waals surface area contributed by atoms with Crippen molar-refractivity contribution in [3.05, 3.63) is 36.0 Å². The van der Waals surface area contributed by atoms with Crippen molar-refractivity contribution in [2.75, 3.05) is 19.0 Å². The van der Waals surface area contributed by atoms with Gasteiger partial charge >= 0.3 is 5.97 Å². The minimum atomic E-state index is -0.342. The van der Waals surface area contributed by atoms with E-state index in [9.17, 15) is 4.79 Å². The Morgan fingerprint density at radius 2 is 2.00 bits per heavy atom. The van der Waals surface area contributed by atoms with Gasteiger partial charge in [-0.05, 0) is 38.1 Å². The maximum absolute atomic E-state index is 11.2. The third-order valence-corrected chi connectivity index (χ3v) is 2.05. The van der Waals surface area contributed by atoms with Crippen LogP contribution in [0.1, 0.15) is 13.8 Å². The van der Waals surface area contributed by atoms with Gasteiger partial charge in [-0.3, -0.25) is 0 Å². The van der Waals surface area contributed by atoms with E-state index in [0.717, 1.165) is 17.1 Å². The summed E-state index contributed by atoms with van der Waals surface area (Å²) in [4.78, 5) is 11.2. The number of esters is 1. The fraction of sp³-hybridized carbons (Fsp3) is 0.308. The molecule has 0 spiro atoms. The Morgan fingerprint density at radius 1 is 1.35 bits per heavy atom. The number of carbonyl (C=O) groups is 1. The molecule has 1 rings (SSSR count). The predicted molar refractivity (Wildman–Crippen MR) is 67.0 cm³/mol. The maximum atomic E-state index is 11.2. The lowest BCUT2D eigenvalue weighted by Gasteiger charge is -2.07. The van der Waals surface area contributed by atoms with Crippen molar-refractivity contribution in [2.24, 2.45) is 0 Å². The number of methoxy groups -OCH3 is 1. The van der Waals surface area contributed by atoms with E-state index in [1.165, 1.54) is 6.08 Å². The first kappa shape index (κ1) is 13.1. The molecular formula is C13H17NO3. The molecule has 0 aromatic heterocycles. The van der Waals surface area contributed by atoms with Crippen LogP contribution in [0.3, 0.4) is 0 Å². The largest absolute Gasteiger partial charge is 0.497 e. The van der Waals surface area contributed by atoms with E-state index in [1.807, 2.05) is 24.3 Å². The van der Waals surface area contributed by atoms with Crippen LogP contribution in [-0.4, -0.2) is 19.7 Å². The van der Waals surface area contributed by atoms with Gasteiger partial charge in [0.2, 0.25) is 0 Å². The number of ether oxygens (including phenoxy) is 2. The molecule has 0 heterocycles. The van der Waals surface area contributed by atoms with Crippen molar-refractivity contribution in [1.82, 2.24) is 0 Å². The first-order chi connectivity index (χ1) is 8.15. The van der Waals surface area contributed by atoms with Crippen LogP contribution in [0, 0.1) is 0 Å². The molecule has 1 aromatic rings. The summed E-state index contributed by atoms with van der Waals surface area (Å²) in [5.74, 6) is 0.452. The van der Waals surface area contributed by atoms with Gasteiger partial charge in [-0.2, -0.15) is 0 Å². The second-order valence-corrected chi connectivity index (χ2v) is 3.43. The minimum absolute atomic E-state index is 0.342. The van der Waals surface area contributed by atoms with Crippen molar-refractivity contribution in [3.63, 3.8) is 0 Å². The summed E-state index contributed by atoms with van der Waals surface area (Å²) in [5.41, 5.74) is 1.62.